The largest absolute Gasteiger partial charge is 0.353 e. The molecule has 3 aromatic rings. The SMILES string of the molecule is Clc1nc(N2CCN(c3ccccn3)CC2)c2c3c(sc2n1)CCCC3. The van der Waals surface area contributed by atoms with Crippen molar-refractivity contribution in [2.24, 2.45) is 0 Å². The summed E-state index contributed by atoms with van der Waals surface area (Å²) in [5, 5.41) is 1.61. The standard InChI is InChI=1S/C19H20ClN5S/c20-19-22-17(16-13-5-1-2-6-14(13)26-18(16)23-19)25-11-9-24(10-12-25)15-7-3-4-8-21-15/h3-4,7-8H,1-2,5-6,9-12H2. The van der Waals surface area contributed by atoms with E-state index in [0.29, 0.717) is 5.28 Å². The second kappa shape index (κ2) is 6.67. The third kappa shape index (κ3) is 2.81. The minimum atomic E-state index is 0.359. The van der Waals surface area contributed by atoms with Gasteiger partial charge in [-0.2, -0.15) is 4.98 Å². The number of hydrogen-bond acceptors (Lipinski definition) is 6. The molecule has 2 aliphatic rings. The number of nitrogens with zero attached hydrogens (tertiary/aromatic N) is 5. The zero-order valence-electron chi connectivity index (χ0n) is 14.5. The number of anilines is 2. The highest BCUT2D eigenvalue weighted by atomic mass is 35.5. The van der Waals surface area contributed by atoms with E-state index in [-0.39, 0.29) is 0 Å². The van der Waals surface area contributed by atoms with E-state index in [4.69, 9.17) is 11.6 Å². The Kier molecular flexibility index (Phi) is 4.17. The van der Waals surface area contributed by atoms with Crippen LogP contribution >= 0.6 is 22.9 Å². The Hall–Kier alpha value is -1.92. The van der Waals surface area contributed by atoms with E-state index in [1.807, 2.05) is 18.3 Å². The summed E-state index contributed by atoms with van der Waals surface area (Å²) in [5.74, 6) is 2.08. The highest BCUT2D eigenvalue weighted by molar-refractivity contribution is 7.19. The molecule has 1 fully saturated rings. The molecule has 7 heteroatoms. The fourth-order valence-electron chi connectivity index (χ4n) is 4.03. The molecule has 1 aliphatic heterocycles. The van der Waals surface area contributed by atoms with Crippen LogP contribution in [0, 0.1) is 0 Å². The summed E-state index contributed by atoms with van der Waals surface area (Å²) in [5.41, 5.74) is 1.47. The van der Waals surface area contributed by atoms with E-state index in [0.717, 1.165) is 49.1 Å². The summed E-state index contributed by atoms with van der Waals surface area (Å²) < 4.78 is 0. The van der Waals surface area contributed by atoms with Gasteiger partial charge in [-0.25, -0.2) is 9.97 Å². The van der Waals surface area contributed by atoms with E-state index in [2.05, 4.69) is 30.8 Å². The number of aromatic nitrogens is 3. The molecule has 0 bridgehead atoms. The average molecular weight is 386 g/mol. The van der Waals surface area contributed by atoms with Gasteiger partial charge < -0.3 is 9.80 Å². The fraction of sp³-hybridized carbons (Fsp3) is 0.421. The maximum atomic E-state index is 6.27. The van der Waals surface area contributed by atoms with Crippen LogP contribution in [0.2, 0.25) is 5.28 Å². The molecule has 0 spiro atoms. The molecule has 0 amide bonds. The van der Waals surface area contributed by atoms with E-state index in [1.165, 1.54) is 35.1 Å². The number of halogens is 1. The lowest BCUT2D eigenvalue weighted by Gasteiger charge is -2.36. The zero-order chi connectivity index (χ0) is 17.5. The quantitative estimate of drug-likeness (QED) is 0.625. The van der Waals surface area contributed by atoms with Crippen molar-refractivity contribution in [3.63, 3.8) is 0 Å². The number of aryl methyl sites for hydroxylation is 2. The van der Waals surface area contributed by atoms with Crippen LogP contribution in [0.25, 0.3) is 10.2 Å². The molecule has 0 N–H and O–H groups in total. The third-order valence-electron chi connectivity index (χ3n) is 5.32. The Morgan fingerprint density at radius 3 is 2.58 bits per heavy atom. The fourth-order valence-corrected chi connectivity index (χ4v) is 5.50. The molecule has 5 nitrogen and oxygen atoms in total. The van der Waals surface area contributed by atoms with Gasteiger partial charge in [-0.1, -0.05) is 6.07 Å². The van der Waals surface area contributed by atoms with E-state index >= 15 is 0 Å². The molecule has 3 aromatic heterocycles. The molecule has 26 heavy (non-hydrogen) atoms. The van der Waals surface area contributed by atoms with Crippen molar-refractivity contribution >= 4 is 44.8 Å². The third-order valence-corrected chi connectivity index (χ3v) is 6.68. The summed E-state index contributed by atoms with van der Waals surface area (Å²) in [4.78, 5) is 20.9. The van der Waals surface area contributed by atoms with Crippen LogP contribution in [0.4, 0.5) is 11.6 Å². The van der Waals surface area contributed by atoms with E-state index in [9.17, 15) is 0 Å². The lowest BCUT2D eigenvalue weighted by Crippen LogP contribution is -2.47. The Balaban J connectivity index is 1.47. The van der Waals surface area contributed by atoms with Crippen molar-refractivity contribution in [2.45, 2.75) is 25.7 Å². The van der Waals surface area contributed by atoms with E-state index < -0.39 is 0 Å². The zero-order valence-corrected chi connectivity index (χ0v) is 16.1. The first kappa shape index (κ1) is 16.3. The van der Waals surface area contributed by atoms with Gasteiger partial charge in [0.1, 0.15) is 16.5 Å². The molecule has 134 valence electrons. The molecule has 1 aliphatic carbocycles. The normalized spacial score (nSPS) is 17.6. The lowest BCUT2D eigenvalue weighted by molar-refractivity contribution is 0.642. The minimum absolute atomic E-state index is 0.359. The monoisotopic (exact) mass is 385 g/mol. The first-order chi connectivity index (χ1) is 12.8. The first-order valence-electron chi connectivity index (χ1n) is 9.18. The molecular formula is C19H20ClN5S. The van der Waals surface area contributed by atoms with Gasteiger partial charge >= 0.3 is 0 Å². The highest BCUT2D eigenvalue weighted by Crippen LogP contribution is 2.40. The van der Waals surface area contributed by atoms with Crippen LogP contribution in [0.3, 0.4) is 0 Å². The van der Waals surface area contributed by atoms with Crippen molar-refractivity contribution in [3.8, 4) is 0 Å². The van der Waals surface area contributed by atoms with Gasteiger partial charge in [-0.3, -0.25) is 0 Å². The van der Waals surface area contributed by atoms with Crippen LogP contribution in [0.15, 0.2) is 24.4 Å². The molecule has 0 radical (unpaired) electrons. The minimum Gasteiger partial charge on any atom is -0.353 e. The summed E-state index contributed by atoms with van der Waals surface area (Å²) in [6, 6.07) is 6.07. The van der Waals surface area contributed by atoms with Crippen LogP contribution in [0.1, 0.15) is 23.3 Å². The highest BCUT2D eigenvalue weighted by Gasteiger charge is 2.26. The van der Waals surface area contributed by atoms with Crippen molar-refractivity contribution in [1.82, 2.24) is 15.0 Å². The summed E-state index contributed by atoms with van der Waals surface area (Å²) in [6.45, 7) is 3.71. The molecule has 0 unspecified atom stereocenters. The van der Waals surface area contributed by atoms with Crippen LogP contribution in [-0.2, 0) is 12.8 Å². The Labute approximate surface area is 161 Å². The number of pyridine rings is 1. The lowest BCUT2D eigenvalue weighted by atomic mass is 9.97. The van der Waals surface area contributed by atoms with Crippen molar-refractivity contribution in [1.29, 1.82) is 0 Å². The van der Waals surface area contributed by atoms with Crippen LogP contribution in [0.5, 0.6) is 0 Å². The molecule has 0 atom stereocenters. The number of piperazine rings is 1. The second-order valence-corrected chi connectivity index (χ2v) is 8.29. The molecule has 0 aromatic carbocycles. The van der Waals surface area contributed by atoms with Gasteiger partial charge in [0, 0.05) is 37.3 Å². The Morgan fingerprint density at radius 2 is 1.77 bits per heavy atom. The van der Waals surface area contributed by atoms with Crippen LogP contribution < -0.4 is 9.80 Å². The summed E-state index contributed by atoms with van der Waals surface area (Å²) in [7, 11) is 0. The first-order valence-corrected chi connectivity index (χ1v) is 10.4. The van der Waals surface area contributed by atoms with Gasteiger partial charge in [0.15, 0.2) is 0 Å². The topological polar surface area (TPSA) is 45.2 Å². The molecule has 5 rings (SSSR count). The van der Waals surface area contributed by atoms with Crippen molar-refractivity contribution in [2.75, 3.05) is 36.0 Å². The van der Waals surface area contributed by atoms with Gasteiger partial charge in [0.05, 0.1) is 5.39 Å². The van der Waals surface area contributed by atoms with Gasteiger partial charge in [-0.15, -0.1) is 11.3 Å². The predicted octanol–water partition coefficient (Wildman–Crippen LogP) is 3.95. The van der Waals surface area contributed by atoms with Gasteiger partial charge in [0.25, 0.3) is 0 Å². The van der Waals surface area contributed by atoms with Crippen molar-refractivity contribution in [3.05, 3.63) is 40.1 Å². The van der Waals surface area contributed by atoms with Crippen LogP contribution in [-0.4, -0.2) is 41.1 Å². The molecule has 0 saturated carbocycles. The van der Waals surface area contributed by atoms with Gasteiger partial charge in [-0.05, 0) is 55.0 Å². The summed E-state index contributed by atoms with van der Waals surface area (Å²) >= 11 is 8.08. The summed E-state index contributed by atoms with van der Waals surface area (Å²) in [6.07, 6.45) is 6.70. The number of rotatable bonds is 2. The number of hydrogen-bond donors (Lipinski definition) is 0. The van der Waals surface area contributed by atoms with E-state index in [1.54, 1.807) is 11.3 Å². The predicted molar refractivity (Wildman–Crippen MR) is 108 cm³/mol. The Bertz CT molecular complexity index is 934. The molecular weight excluding hydrogens is 366 g/mol. The number of thiophene rings is 1. The van der Waals surface area contributed by atoms with Crippen molar-refractivity contribution < 1.29 is 0 Å². The Morgan fingerprint density at radius 1 is 0.962 bits per heavy atom. The smallest absolute Gasteiger partial charge is 0.225 e. The maximum absolute atomic E-state index is 6.27. The molecule has 4 heterocycles. The second-order valence-electron chi connectivity index (χ2n) is 6.87. The van der Waals surface area contributed by atoms with Gasteiger partial charge in [0.2, 0.25) is 5.28 Å². The average Bonchev–Trinajstić information content (AvgIpc) is 3.06. The number of fused-ring (bicyclic) bond motifs is 3. The molecule has 1 saturated heterocycles. The maximum Gasteiger partial charge on any atom is 0.225 e.